The van der Waals surface area contributed by atoms with Crippen molar-refractivity contribution < 1.29 is 23.0 Å². The first-order valence-corrected chi connectivity index (χ1v) is 7.99. The molecule has 0 aliphatic heterocycles. The molecule has 5 nitrogen and oxygen atoms in total. The smallest absolute Gasteiger partial charge is 0.406 e. The highest BCUT2D eigenvalue weighted by Crippen LogP contribution is 2.36. The van der Waals surface area contributed by atoms with Crippen molar-refractivity contribution >= 4 is 11.6 Å². The van der Waals surface area contributed by atoms with Crippen LogP contribution in [0.15, 0.2) is 53.5 Å². The van der Waals surface area contributed by atoms with E-state index in [9.17, 15) is 18.3 Å². The average Bonchev–Trinajstić information content (AvgIpc) is 2.92. The molecule has 0 heterocycles. The van der Waals surface area contributed by atoms with Crippen LogP contribution < -0.4 is 15.8 Å². The lowest BCUT2D eigenvalue weighted by Crippen LogP contribution is -2.30. The zero-order valence-corrected chi connectivity index (χ0v) is 13.8. The Kier molecular flexibility index (Phi) is 4.78. The number of guanidine groups is 1. The Bertz CT molecular complexity index is 806. The van der Waals surface area contributed by atoms with Crippen LogP contribution in [0.5, 0.6) is 5.75 Å². The standard InChI is InChI=1S/C18H18F3N3O2/c19-18(20,21)26-14-7-5-13(6-8-14)24-16(22)23-11-17(25)10-9-12-3-1-2-4-15(12)17/h1-8,25H,9-11H2,(H3,22,23,24). The number of nitrogens with zero attached hydrogens (tertiary/aromatic N) is 1. The number of hydrogen-bond acceptors (Lipinski definition) is 3. The monoisotopic (exact) mass is 365 g/mol. The average molecular weight is 365 g/mol. The Balaban J connectivity index is 1.62. The molecule has 0 saturated carbocycles. The van der Waals surface area contributed by atoms with Crippen LogP contribution in [0.1, 0.15) is 17.5 Å². The van der Waals surface area contributed by atoms with E-state index in [1.165, 1.54) is 24.3 Å². The molecule has 0 bridgehead atoms. The van der Waals surface area contributed by atoms with Gasteiger partial charge in [-0.3, -0.25) is 0 Å². The molecule has 1 unspecified atom stereocenters. The Hall–Kier alpha value is -2.74. The minimum atomic E-state index is -4.73. The minimum Gasteiger partial charge on any atom is -0.406 e. The molecule has 2 aromatic rings. The Morgan fingerprint density at radius 2 is 1.88 bits per heavy atom. The molecule has 0 radical (unpaired) electrons. The van der Waals surface area contributed by atoms with Crippen LogP contribution in [0.3, 0.4) is 0 Å². The third-order valence-corrected chi connectivity index (χ3v) is 4.20. The van der Waals surface area contributed by atoms with E-state index in [0.29, 0.717) is 12.1 Å². The van der Waals surface area contributed by atoms with Crippen LogP contribution in [0.4, 0.5) is 18.9 Å². The molecule has 0 amide bonds. The Labute approximate surface area is 148 Å². The fourth-order valence-electron chi connectivity index (χ4n) is 2.98. The number of rotatable bonds is 4. The van der Waals surface area contributed by atoms with Gasteiger partial charge in [-0.25, -0.2) is 4.99 Å². The number of halogens is 3. The lowest BCUT2D eigenvalue weighted by Gasteiger charge is -2.22. The highest BCUT2D eigenvalue weighted by molar-refractivity contribution is 5.92. The van der Waals surface area contributed by atoms with E-state index in [0.717, 1.165) is 17.5 Å². The molecule has 2 aromatic carbocycles. The number of ether oxygens (including phenoxy) is 1. The molecule has 26 heavy (non-hydrogen) atoms. The maximum atomic E-state index is 12.1. The highest BCUT2D eigenvalue weighted by Gasteiger charge is 2.36. The summed E-state index contributed by atoms with van der Waals surface area (Å²) in [5.41, 5.74) is 7.16. The summed E-state index contributed by atoms with van der Waals surface area (Å²) in [6.45, 7) is 0.0954. The quantitative estimate of drug-likeness (QED) is 0.574. The van der Waals surface area contributed by atoms with Gasteiger partial charge < -0.3 is 20.9 Å². The second kappa shape index (κ2) is 6.87. The van der Waals surface area contributed by atoms with E-state index < -0.39 is 12.0 Å². The second-order valence-corrected chi connectivity index (χ2v) is 6.09. The molecule has 0 saturated heterocycles. The van der Waals surface area contributed by atoms with Gasteiger partial charge >= 0.3 is 6.36 Å². The van der Waals surface area contributed by atoms with Gasteiger partial charge in [-0.1, -0.05) is 24.3 Å². The molecular weight excluding hydrogens is 347 g/mol. The molecule has 4 N–H and O–H groups in total. The van der Waals surface area contributed by atoms with Crippen molar-refractivity contribution in [3.8, 4) is 5.75 Å². The number of anilines is 1. The zero-order valence-electron chi connectivity index (χ0n) is 13.8. The summed E-state index contributed by atoms with van der Waals surface area (Å²) in [4.78, 5) is 4.18. The van der Waals surface area contributed by atoms with Crippen molar-refractivity contribution in [2.45, 2.75) is 24.8 Å². The predicted octanol–water partition coefficient (Wildman–Crippen LogP) is 3.15. The van der Waals surface area contributed by atoms with Gasteiger partial charge in [0.1, 0.15) is 11.4 Å². The van der Waals surface area contributed by atoms with Crippen LogP contribution in [-0.2, 0) is 12.0 Å². The zero-order chi connectivity index (χ0) is 18.8. The summed E-state index contributed by atoms with van der Waals surface area (Å²) >= 11 is 0. The van der Waals surface area contributed by atoms with Crippen LogP contribution >= 0.6 is 0 Å². The van der Waals surface area contributed by atoms with Crippen molar-refractivity contribution in [3.05, 3.63) is 59.7 Å². The Morgan fingerprint density at radius 1 is 1.19 bits per heavy atom. The molecule has 138 valence electrons. The molecule has 1 aliphatic rings. The fraction of sp³-hybridized carbons (Fsp3) is 0.278. The van der Waals surface area contributed by atoms with E-state index in [1.54, 1.807) is 0 Å². The highest BCUT2D eigenvalue weighted by atomic mass is 19.4. The fourth-order valence-corrected chi connectivity index (χ4v) is 2.98. The minimum absolute atomic E-state index is 0.0623. The topological polar surface area (TPSA) is 79.9 Å². The van der Waals surface area contributed by atoms with E-state index in [4.69, 9.17) is 5.73 Å². The number of aliphatic imine (C=N–C) groups is 1. The molecular formula is C18H18F3N3O2. The van der Waals surface area contributed by atoms with Crippen LogP contribution in [0.25, 0.3) is 0 Å². The molecule has 0 fully saturated rings. The lowest BCUT2D eigenvalue weighted by atomic mass is 9.96. The number of aliphatic hydroxyl groups is 1. The van der Waals surface area contributed by atoms with Crippen LogP contribution in [-0.4, -0.2) is 24.0 Å². The van der Waals surface area contributed by atoms with Crippen molar-refractivity contribution in [2.75, 3.05) is 11.9 Å². The first-order valence-electron chi connectivity index (χ1n) is 7.99. The largest absolute Gasteiger partial charge is 0.573 e. The summed E-state index contributed by atoms with van der Waals surface area (Å²) in [7, 11) is 0. The number of nitrogens with one attached hydrogen (secondary N) is 1. The SMILES string of the molecule is NC(=NCC1(O)CCc2ccccc21)Nc1ccc(OC(F)(F)F)cc1. The predicted molar refractivity (Wildman–Crippen MR) is 91.9 cm³/mol. The third-order valence-electron chi connectivity index (χ3n) is 4.20. The van der Waals surface area contributed by atoms with Crippen molar-refractivity contribution in [1.29, 1.82) is 0 Å². The van der Waals surface area contributed by atoms with Gasteiger partial charge in [0.25, 0.3) is 0 Å². The summed E-state index contributed by atoms with van der Waals surface area (Å²) in [5, 5.41) is 13.6. The maximum absolute atomic E-state index is 12.1. The second-order valence-electron chi connectivity index (χ2n) is 6.09. The summed E-state index contributed by atoms with van der Waals surface area (Å²) in [6.07, 6.45) is -3.40. The van der Waals surface area contributed by atoms with Crippen molar-refractivity contribution in [2.24, 2.45) is 10.7 Å². The van der Waals surface area contributed by atoms with Gasteiger partial charge in [0.15, 0.2) is 5.96 Å². The van der Waals surface area contributed by atoms with E-state index in [2.05, 4.69) is 15.0 Å². The summed E-state index contributed by atoms with van der Waals surface area (Å²) < 4.78 is 40.2. The molecule has 1 atom stereocenters. The van der Waals surface area contributed by atoms with Gasteiger partial charge in [0, 0.05) is 5.69 Å². The first-order chi connectivity index (χ1) is 12.3. The summed E-state index contributed by atoms with van der Waals surface area (Å²) in [6, 6.07) is 12.8. The number of fused-ring (bicyclic) bond motifs is 1. The normalized spacial score (nSPS) is 19.9. The van der Waals surface area contributed by atoms with Gasteiger partial charge in [0.05, 0.1) is 6.54 Å². The lowest BCUT2D eigenvalue weighted by molar-refractivity contribution is -0.274. The van der Waals surface area contributed by atoms with E-state index in [1.807, 2.05) is 24.3 Å². The molecule has 0 spiro atoms. The van der Waals surface area contributed by atoms with Crippen molar-refractivity contribution in [3.63, 3.8) is 0 Å². The number of aryl methyl sites for hydroxylation is 1. The van der Waals surface area contributed by atoms with Crippen LogP contribution in [0, 0.1) is 0 Å². The van der Waals surface area contributed by atoms with E-state index >= 15 is 0 Å². The molecule has 1 aliphatic carbocycles. The number of benzene rings is 2. The number of hydrogen-bond donors (Lipinski definition) is 3. The maximum Gasteiger partial charge on any atom is 0.573 e. The van der Waals surface area contributed by atoms with Gasteiger partial charge in [0.2, 0.25) is 0 Å². The molecule has 0 aromatic heterocycles. The van der Waals surface area contributed by atoms with E-state index in [-0.39, 0.29) is 18.3 Å². The van der Waals surface area contributed by atoms with Crippen molar-refractivity contribution in [1.82, 2.24) is 0 Å². The van der Waals surface area contributed by atoms with Gasteiger partial charge in [-0.05, 0) is 48.2 Å². The Morgan fingerprint density at radius 3 is 2.58 bits per heavy atom. The van der Waals surface area contributed by atoms with Crippen LogP contribution in [0.2, 0.25) is 0 Å². The van der Waals surface area contributed by atoms with Gasteiger partial charge in [-0.2, -0.15) is 0 Å². The molecule has 8 heteroatoms. The molecule has 3 rings (SSSR count). The third kappa shape index (κ3) is 4.26. The number of alkyl halides is 3. The summed E-state index contributed by atoms with van der Waals surface area (Å²) in [5.74, 6) is -0.261. The first kappa shape index (κ1) is 18.1. The van der Waals surface area contributed by atoms with Gasteiger partial charge in [-0.15, -0.1) is 13.2 Å². The number of nitrogens with two attached hydrogens (primary N) is 1.